The van der Waals surface area contributed by atoms with Crippen LogP contribution in [-0.4, -0.2) is 41.1 Å². The SMILES string of the molecule is O=C(N(C1CCCCCCC1)C1CCCCC1)C(F)(F)S(=O)(=O)O. The molecule has 0 bridgehead atoms. The zero-order chi connectivity index (χ0) is 17.8. The Morgan fingerprint density at radius 2 is 1.17 bits per heavy atom. The third-order valence-corrected chi connectivity index (χ3v) is 6.07. The minimum Gasteiger partial charge on any atom is -0.330 e. The van der Waals surface area contributed by atoms with Gasteiger partial charge in [0.15, 0.2) is 0 Å². The van der Waals surface area contributed by atoms with E-state index < -0.39 is 21.3 Å². The number of alkyl halides is 2. The van der Waals surface area contributed by atoms with Crippen molar-refractivity contribution in [3.63, 3.8) is 0 Å². The molecule has 0 aromatic heterocycles. The molecule has 0 aliphatic heterocycles. The summed E-state index contributed by atoms with van der Waals surface area (Å²) in [6.45, 7) is 0. The molecule has 0 heterocycles. The number of hydrogen-bond donors (Lipinski definition) is 1. The molecular weight excluding hydrogens is 340 g/mol. The van der Waals surface area contributed by atoms with E-state index in [9.17, 15) is 22.0 Å². The molecule has 2 rings (SSSR count). The molecule has 1 amide bonds. The largest absolute Gasteiger partial charge is 0.446 e. The molecule has 0 spiro atoms. The van der Waals surface area contributed by atoms with E-state index in [1.807, 2.05) is 0 Å². The van der Waals surface area contributed by atoms with Crippen molar-refractivity contribution in [2.75, 3.05) is 0 Å². The van der Waals surface area contributed by atoms with E-state index in [1.165, 1.54) is 0 Å². The Balaban J connectivity index is 2.29. The van der Waals surface area contributed by atoms with Crippen LogP contribution in [0.25, 0.3) is 0 Å². The molecule has 140 valence electrons. The van der Waals surface area contributed by atoms with Gasteiger partial charge in [0, 0.05) is 12.1 Å². The molecule has 0 unspecified atom stereocenters. The monoisotopic (exact) mass is 367 g/mol. The third-order valence-electron chi connectivity index (χ3n) is 5.24. The van der Waals surface area contributed by atoms with Crippen molar-refractivity contribution < 1.29 is 26.5 Å². The fourth-order valence-electron chi connectivity index (χ4n) is 3.96. The molecule has 0 radical (unpaired) electrons. The van der Waals surface area contributed by atoms with Gasteiger partial charge in [-0.25, -0.2) is 0 Å². The summed E-state index contributed by atoms with van der Waals surface area (Å²) < 4.78 is 59.0. The van der Waals surface area contributed by atoms with Crippen molar-refractivity contribution in [3.05, 3.63) is 0 Å². The fourth-order valence-corrected chi connectivity index (χ4v) is 4.29. The third kappa shape index (κ3) is 4.45. The Bertz CT molecular complexity index is 524. The number of carbonyl (C=O) groups excluding carboxylic acids is 1. The quantitative estimate of drug-likeness (QED) is 0.768. The lowest BCUT2D eigenvalue weighted by Gasteiger charge is -2.41. The first-order chi connectivity index (χ1) is 11.2. The Hall–Kier alpha value is -0.760. The standard InChI is InChI=1S/C16H27F2NO4S/c17-16(18,24(21,22)23)15(20)19(14-11-7-4-8-12-14)13-9-5-2-1-3-6-10-13/h13-14H,1-12H2,(H,21,22,23). The van der Waals surface area contributed by atoms with Gasteiger partial charge in [0.05, 0.1) is 0 Å². The summed E-state index contributed by atoms with van der Waals surface area (Å²) >= 11 is 0. The van der Waals surface area contributed by atoms with Gasteiger partial charge in [0.25, 0.3) is 0 Å². The fraction of sp³-hybridized carbons (Fsp3) is 0.938. The molecule has 8 heteroatoms. The molecule has 2 aliphatic rings. The molecule has 0 saturated heterocycles. The highest BCUT2D eigenvalue weighted by atomic mass is 32.2. The summed E-state index contributed by atoms with van der Waals surface area (Å²) in [6, 6.07) is -0.725. The molecule has 5 nitrogen and oxygen atoms in total. The summed E-state index contributed by atoms with van der Waals surface area (Å²) in [5.74, 6) is -1.75. The molecule has 24 heavy (non-hydrogen) atoms. The van der Waals surface area contributed by atoms with Gasteiger partial charge < -0.3 is 4.90 Å². The first-order valence-electron chi connectivity index (χ1n) is 8.93. The highest BCUT2D eigenvalue weighted by molar-refractivity contribution is 7.87. The first-order valence-corrected chi connectivity index (χ1v) is 10.4. The van der Waals surface area contributed by atoms with Gasteiger partial charge in [0.1, 0.15) is 0 Å². The lowest BCUT2D eigenvalue weighted by atomic mass is 9.89. The van der Waals surface area contributed by atoms with Gasteiger partial charge >= 0.3 is 21.3 Å². The number of carbonyl (C=O) groups is 1. The number of hydrogen-bond acceptors (Lipinski definition) is 3. The highest BCUT2D eigenvalue weighted by Gasteiger charge is 2.56. The number of nitrogens with zero attached hydrogens (tertiary/aromatic N) is 1. The van der Waals surface area contributed by atoms with Gasteiger partial charge in [-0.1, -0.05) is 51.4 Å². The molecule has 2 aliphatic carbocycles. The second-order valence-corrected chi connectivity index (χ2v) is 8.46. The van der Waals surface area contributed by atoms with Crippen molar-refractivity contribution in [1.29, 1.82) is 0 Å². The van der Waals surface area contributed by atoms with Crippen molar-refractivity contribution in [3.8, 4) is 0 Å². The molecule has 0 atom stereocenters. The van der Waals surface area contributed by atoms with Gasteiger partial charge in [-0.15, -0.1) is 0 Å². The summed E-state index contributed by atoms with van der Waals surface area (Å²) in [5, 5.41) is -4.77. The minimum absolute atomic E-state index is 0.358. The van der Waals surface area contributed by atoms with Crippen LogP contribution in [-0.2, 0) is 14.9 Å². The topological polar surface area (TPSA) is 74.7 Å². The maximum atomic E-state index is 14.0. The molecule has 0 aromatic rings. The smallest absolute Gasteiger partial charge is 0.330 e. The molecule has 1 N–H and O–H groups in total. The van der Waals surface area contributed by atoms with E-state index in [2.05, 4.69) is 0 Å². The first kappa shape index (κ1) is 19.6. The Labute approximate surface area is 142 Å². The lowest BCUT2D eigenvalue weighted by molar-refractivity contribution is -0.154. The number of amides is 1. The summed E-state index contributed by atoms with van der Waals surface area (Å²) in [7, 11) is -5.76. The van der Waals surface area contributed by atoms with Crippen LogP contribution in [0.3, 0.4) is 0 Å². The van der Waals surface area contributed by atoms with E-state index in [0.29, 0.717) is 25.7 Å². The van der Waals surface area contributed by atoms with Gasteiger partial charge in [-0.3, -0.25) is 9.35 Å². The summed E-state index contributed by atoms with van der Waals surface area (Å²) in [4.78, 5) is 13.6. The van der Waals surface area contributed by atoms with Crippen LogP contribution in [0.5, 0.6) is 0 Å². The predicted octanol–water partition coefficient (Wildman–Crippen LogP) is 3.74. The summed E-state index contributed by atoms with van der Waals surface area (Å²) in [5.41, 5.74) is 0. The zero-order valence-electron chi connectivity index (χ0n) is 13.9. The van der Waals surface area contributed by atoms with Crippen LogP contribution in [0.1, 0.15) is 77.0 Å². The zero-order valence-corrected chi connectivity index (χ0v) is 14.7. The minimum atomic E-state index is -5.76. The second kappa shape index (κ2) is 8.08. The Kier molecular flexibility index (Phi) is 6.59. The van der Waals surface area contributed by atoms with Crippen LogP contribution in [0.4, 0.5) is 8.78 Å². The maximum absolute atomic E-state index is 14.0. The van der Waals surface area contributed by atoms with E-state index in [0.717, 1.165) is 56.3 Å². The van der Waals surface area contributed by atoms with Crippen molar-refractivity contribution in [2.24, 2.45) is 0 Å². The Morgan fingerprint density at radius 1 is 0.833 bits per heavy atom. The average molecular weight is 367 g/mol. The van der Waals surface area contributed by atoms with Gasteiger partial charge in [-0.05, 0) is 25.7 Å². The van der Waals surface area contributed by atoms with Crippen molar-refractivity contribution in [2.45, 2.75) is 94.4 Å². The number of rotatable bonds is 4. The molecule has 2 saturated carbocycles. The molecular formula is C16H27F2NO4S. The predicted molar refractivity (Wildman–Crippen MR) is 86.3 cm³/mol. The highest BCUT2D eigenvalue weighted by Crippen LogP contribution is 2.34. The van der Waals surface area contributed by atoms with Crippen molar-refractivity contribution >= 4 is 16.0 Å². The van der Waals surface area contributed by atoms with Gasteiger partial charge in [-0.2, -0.15) is 17.2 Å². The average Bonchev–Trinajstić information content (AvgIpc) is 2.49. The van der Waals surface area contributed by atoms with E-state index >= 15 is 0 Å². The van der Waals surface area contributed by atoms with Crippen LogP contribution >= 0.6 is 0 Å². The van der Waals surface area contributed by atoms with E-state index in [-0.39, 0.29) is 12.1 Å². The van der Waals surface area contributed by atoms with Crippen LogP contribution in [0.2, 0.25) is 0 Å². The van der Waals surface area contributed by atoms with E-state index in [1.54, 1.807) is 0 Å². The second-order valence-electron chi connectivity index (χ2n) is 7.00. The van der Waals surface area contributed by atoms with Crippen LogP contribution in [0.15, 0.2) is 0 Å². The number of halogens is 2. The lowest BCUT2D eigenvalue weighted by Crippen LogP contribution is -2.56. The van der Waals surface area contributed by atoms with Crippen LogP contribution < -0.4 is 0 Å². The van der Waals surface area contributed by atoms with Crippen molar-refractivity contribution in [1.82, 2.24) is 4.90 Å². The van der Waals surface area contributed by atoms with E-state index in [4.69, 9.17) is 4.55 Å². The molecule has 2 fully saturated rings. The maximum Gasteiger partial charge on any atom is 0.446 e. The Morgan fingerprint density at radius 3 is 1.54 bits per heavy atom. The molecule has 0 aromatic carbocycles. The van der Waals surface area contributed by atoms with Crippen LogP contribution in [0, 0.1) is 0 Å². The normalized spacial score (nSPS) is 22.6. The van der Waals surface area contributed by atoms with Gasteiger partial charge in [0.2, 0.25) is 0 Å². The summed E-state index contributed by atoms with van der Waals surface area (Å²) in [6.07, 6.45) is 9.94.